The third kappa shape index (κ3) is 4.57. The number of nitrogens with one attached hydrogen (secondary N) is 1. The summed E-state index contributed by atoms with van der Waals surface area (Å²) in [5.41, 5.74) is 3.68. The average molecular weight is 235 g/mol. The molecule has 3 nitrogen and oxygen atoms in total. The van der Waals surface area contributed by atoms with Gasteiger partial charge in [0.15, 0.2) is 0 Å². The summed E-state index contributed by atoms with van der Waals surface area (Å²) in [6.07, 6.45) is 0. The van der Waals surface area contributed by atoms with E-state index >= 15 is 0 Å². The molecule has 1 N–H and O–H groups in total. The van der Waals surface area contributed by atoms with Gasteiger partial charge in [0.05, 0.1) is 13.2 Å². The fraction of sp³-hybridized carbons (Fsp3) is 0.500. The summed E-state index contributed by atoms with van der Waals surface area (Å²) in [4.78, 5) is 11.2. The maximum absolute atomic E-state index is 11.2. The molecule has 0 spiro atoms. The molecule has 0 fully saturated rings. The molecule has 1 unspecified atom stereocenters. The van der Waals surface area contributed by atoms with Crippen LogP contribution in [0.5, 0.6) is 0 Å². The highest BCUT2D eigenvalue weighted by Crippen LogP contribution is 2.16. The van der Waals surface area contributed by atoms with Crippen molar-refractivity contribution in [2.75, 3.05) is 13.2 Å². The third-order valence-corrected chi connectivity index (χ3v) is 2.60. The molecular formula is C14H21NO2. The van der Waals surface area contributed by atoms with Gasteiger partial charge in [0.2, 0.25) is 0 Å². The molecule has 94 valence electrons. The van der Waals surface area contributed by atoms with E-state index in [1.807, 2.05) is 13.8 Å². The summed E-state index contributed by atoms with van der Waals surface area (Å²) in [5.74, 6) is -0.205. The molecule has 0 radical (unpaired) electrons. The maximum atomic E-state index is 11.2. The Labute approximate surface area is 103 Å². The van der Waals surface area contributed by atoms with E-state index in [0.29, 0.717) is 6.61 Å². The van der Waals surface area contributed by atoms with Gasteiger partial charge in [-0.15, -0.1) is 0 Å². The van der Waals surface area contributed by atoms with Gasteiger partial charge < -0.3 is 10.1 Å². The molecule has 0 aromatic heterocycles. The zero-order valence-electron chi connectivity index (χ0n) is 11.0. The first-order valence-corrected chi connectivity index (χ1v) is 6.00. The Morgan fingerprint density at radius 1 is 1.29 bits per heavy atom. The Morgan fingerprint density at radius 2 is 1.88 bits per heavy atom. The normalized spacial score (nSPS) is 12.2. The highest BCUT2D eigenvalue weighted by atomic mass is 16.5. The minimum absolute atomic E-state index is 0.151. The number of benzene rings is 1. The van der Waals surface area contributed by atoms with Gasteiger partial charge in [0.1, 0.15) is 0 Å². The van der Waals surface area contributed by atoms with E-state index in [-0.39, 0.29) is 18.6 Å². The number of carbonyl (C=O) groups is 1. The quantitative estimate of drug-likeness (QED) is 0.797. The van der Waals surface area contributed by atoms with Crippen molar-refractivity contribution < 1.29 is 9.53 Å². The topological polar surface area (TPSA) is 38.3 Å². The lowest BCUT2D eigenvalue weighted by molar-refractivity contribution is -0.142. The van der Waals surface area contributed by atoms with Crippen molar-refractivity contribution in [3.63, 3.8) is 0 Å². The lowest BCUT2D eigenvalue weighted by Gasteiger charge is -2.15. The zero-order chi connectivity index (χ0) is 12.8. The smallest absolute Gasteiger partial charge is 0.319 e. The van der Waals surface area contributed by atoms with E-state index in [0.717, 1.165) is 0 Å². The average Bonchev–Trinajstić information content (AvgIpc) is 2.25. The van der Waals surface area contributed by atoms with Crippen LogP contribution in [-0.2, 0) is 9.53 Å². The van der Waals surface area contributed by atoms with Crippen molar-refractivity contribution in [1.82, 2.24) is 5.32 Å². The summed E-state index contributed by atoms with van der Waals surface area (Å²) in [6, 6.07) is 6.56. The summed E-state index contributed by atoms with van der Waals surface area (Å²) in [5, 5.41) is 3.16. The highest BCUT2D eigenvalue weighted by Gasteiger charge is 2.08. The van der Waals surface area contributed by atoms with Gasteiger partial charge in [0, 0.05) is 6.04 Å². The molecular weight excluding hydrogens is 214 g/mol. The van der Waals surface area contributed by atoms with Crippen molar-refractivity contribution in [3.8, 4) is 0 Å². The number of esters is 1. The van der Waals surface area contributed by atoms with Crippen molar-refractivity contribution in [2.24, 2.45) is 0 Å². The minimum Gasteiger partial charge on any atom is -0.465 e. The van der Waals surface area contributed by atoms with E-state index in [4.69, 9.17) is 4.74 Å². The lowest BCUT2D eigenvalue weighted by Crippen LogP contribution is -2.27. The molecule has 1 aromatic rings. The molecule has 0 bridgehead atoms. The van der Waals surface area contributed by atoms with Gasteiger partial charge in [-0.3, -0.25) is 4.79 Å². The van der Waals surface area contributed by atoms with Crippen LogP contribution in [0.4, 0.5) is 0 Å². The summed E-state index contributed by atoms with van der Waals surface area (Å²) >= 11 is 0. The van der Waals surface area contributed by atoms with E-state index in [2.05, 4.69) is 37.4 Å². The number of hydrogen-bond acceptors (Lipinski definition) is 3. The van der Waals surface area contributed by atoms with Crippen LogP contribution in [0, 0.1) is 13.8 Å². The second-order valence-corrected chi connectivity index (χ2v) is 4.33. The van der Waals surface area contributed by atoms with Crippen LogP contribution in [0.1, 0.15) is 36.6 Å². The predicted octanol–water partition coefficient (Wildman–Crippen LogP) is 2.52. The molecule has 0 saturated heterocycles. The van der Waals surface area contributed by atoms with Gasteiger partial charge >= 0.3 is 5.97 Å². The van der Waals surface area contributed by atoms with E-state index in [9.17, 15) is 4.79 Å². The first-order valence-electron chi connectivity index (χ1n) is 6.00. The molecule has 17 heavy (non-hydrogen) atoms. The lowest BCUT2D eigenvalue weighted by atomic mass is 10.0. The molecule has 0 amide bonds. The van der Waals surface area contributed by atoms with Gasteiger partial charge in [-0.05, 0) is 33.3 Å². The number of hydrogen-bond donors (Lipinski definition) is 1. The third-order valence-electron chi connectivity index (χ3n) is 2.60. The van der Waals surface area contributed by atoms with Crippen molar-refractivity contribution >= 4 is 5.97 Å². The molecule has 0 aliphatic heterocycles. The second-order valence-electron chi connectivity index (χ2n) is 4.33. The molecule has 1 rings (SSSR count). The van der Waals surface area contributed by atoms with Gasteiger partial charge in [-0.1, -0.05) is 29.3 Å². The van der Waals surface area contributed by atoms with Crippen molar-refractivity contribution in [1.29, 1.82) is 0 Å². The predicted molar refractivity (Wildman–Crippen MR) is 69.0 cm³/mol. The highest BCUT2D eigenvalue weighted by molar-refractivity contribution is 5.71. The van der Waals surface area contributed by atoms with Gasteiger partial charge in [-0.25, -0.2) is 0 Å². The van der Waals surface area contributed by atoms with E-state index < -0.39 is 0 Å². The molecule has 0 aliphatic rings. The van der Waals surface area contributed by atoms with Crippen LogP contribution in [0.2, 0.25) is 0 Å². The minimum atomic E-state index is -0.205. The van der Waals surface area contributed by atoms with Crippen LogP contribution in [0.15, 0.2) is 18.2 Å². The first-order chi connectivity index (χ1) is 8.02. The second kappa shape index (κ2) is 6.40. The number of aryl methyl sites for hydroxylation is 2. The Hall–Kier alpha value is -1.35. The molecule has 1 aromatic carbocycles. The molecule has 1 atom stereocenters. The van der Waals surface area contributed by atoms with E-state index in [1.54, 1.807) is 0 Å². The van der Waals surface area contributed by atoms with Crippen molar-refractivity contribution in [3.05, 3.63) is 34.9 Å². The zero-order valence-corrected chi connectivity index (χ0v) is 11.0. The standard InChI is InChI=1S/C14H21NO2/c1-5-17-14(16)9-15-12(4)13-7-10(2)6-11(3)8-13/h6-8,12,15H,5,9H2,1-4H3. The van der Waals surface area contributed by atoms with Gasteiger partial charge in [0.25, 0.3) is 0 Å². The Kier molecular flexibility index (Phi) is 5.16. The van der Waals surface area contributed by atoms with Crippen LogP contribution in [0.25, 0.3) is 0 Å². The molecule has 0 aliphatic carbocycles. The fourth-order valence-electron chi connectivity index (χ4n) is 1.83. The summed E-state index contributed by atoms with van der Waals surface area (Å²) in [6.45, 7) is 8.70. The van der Waals surface area contributed by atoms with Crippen LogP contribution in [0.3, 0.4) is 0 Å². The summed E-state index contributed by atoms with van der Waals surface area (Å²) < 4.78 is 4.87. The SMILES string of the molecule is CCOC(=O)CNC(C)c1cc(C)cc(C)c1. The number of ether oxygens (including phenoxy) is 1. The first kappa shape index (κ1) is 13.7. The van der Waals surface area contributed by atoms with Crippen LogP contribution in [-0.4, -0.2) is 19.1 Å². The molecule has 0 heterocycles. The Bertz CT molecular complexity index is 368. The van der Waals surface area contributed by atoms with Crippen molar-refractivity contribution in [2.45, 2.75) is 33.7 Å². The Morgan fingerprint density at radius 3 is 2.41 bits per heavy atom. The van der Waals surface area contributed by atoms with Gasteiger partial charge in [-0.2, -0.15) is 0 Å². The largest absolute Gasteiger partial charge is 0.465 e. The van der Waals surface area contributed by atoms with E-state index in [1.165, 1.54) is 16.7 Å². The summed E-state index contributed by atoms with van der Waals surface area (Å²) in [7, 11) is 0. The monoisotopic (exact) mass is 235 g/mol. The molecule has 3 heteroatoms. The maximum Gasteiger partial charge on any atom is 0.319 e. The molecule has 0 saturated carbocycles. The number of rotatable bonds is 5. The fourth-order valence-corrected chi connectivity index (χ4v) is 1.83. The number of carbonyl (C=O) groups excluding carboxylic acids is 1. The van der Waals surface area contributed by atoms with Crippen LogP contribution >= 0.6 is 0 Å². The Balaban J connectivity index is 2.57. The van der Waals surface area contributed by atoms with Crippen LogP contribution < -0.4 is 5.32 Å².